The molecule has 238 valence electrons. The van der Waals surface area contributed by atoms with Gasteiger partial charge in [0.2, 0.25) is 11.9 Å². The van der Waals surface area contributed by atoms with Gasteiger partial charge in [-0.05, 0) is 55.5 Å². The van der Waals surface area contributed by atoms with Crippen LogP contribution >= 0.6 is 0 Å². The van der Waals surface area contributed by atoms with E-state index in [-0.39, 0.29) is 5.91 Å². The summed E-state index contributed by atoms with van der Waals surface area (Å²) in [6.07, 6.45) is 7.82. The lowest BCUT2D eigenvalue weighted by Gasteiger charge is -2.26. The lowest BCUT2D eigenvalue weighted by Crippen LogP contribution is -2.27. The molecule has 0 radical (unpaired) electrons. The van der Waals surface area contributed by atoms with Crippen molar-refractivity contribution in [3.8, 4) is 28.1 Å². The van der Waals surface area contributed by atoms with Crippen LogP contribution < -0.4 is 20.3 Å². The standard InChI is InChI=1S/C38H39N7O2/c1-4-36(46)40-31-16-32(35(47-3)17-34(31)44-21-25-19-43(2)20-26(25)22-44)41-38-39-18-29(24-10-6-5-7-11-24)37(42-38)30-23-45(27-14-15-27)33-13-9-8-12-28(30)33/h4-13,16-18,23,25-27H,1,14-15,19-22H2,2-3H3,(H,40,46)(H,39,41,42). The number of para-hydroxylation sites is 1. The third-order valence-corrected chi connectivity index (χ3v) is 9.83. The molecule has 0 bridgehead atoms. The molecular weight excluding hydrogens is 586 g/mol. The van der Waals surface area contributed by atoms with Crippen LogP contribution in [0.15, 0.2) is 91.8 Å². The molecule has 3 aromatic carbocycles. The van der Waals surface area contributed by atoms with Crippen molar-refractivity contribution in [2.45, 2.75) is 18.9 Å². The van der Waals surface area contributed by atoms with Crippen molar-refractivity contribution in [2.24, 2.45) is 11.8 Å². The van der Waals surface area contributed by atoms with Crippen molar-refractivity contribution >= 4 is 39.8 Å². The number of rotatable bonds is 9. The van der Waals surface area contributed by atoms with Crippen LogP contribution in [0.3, 0.4) is 0 Å². The maximum atomic E-state index is 12.6. The van der Waals surface area contributed by atoms with Gasteiger partial charge < -0.3 is 29.7 Å². The summed E-state index contributed by atoms with van der Waals surface area (Å²) in [5, 5.41) is 7.66. The largest absolute Gasteiger partial charge is 0.494 e. The number of benzene rings is 3. The van der Waals surface area contributed by atoms with E-state index in [0.29, 0.717) is 41.0 Å². The third kappa shape index (κ3) is 5.50. The summed E-state index contributed by atoms with van der Waals surface area (Å²) in [4.78, 5) is 27.4. The van der Waals surface area contributed by atoms with E-state index in [4.69, 9.17) is 14.7 Å². The molecule has 1 saturated carbocycles. The minimum Gasteiger partial charge on any atom is -0.494 e. The van der Waals surface area contributed by atoms with E-state index in [0.717, 1.165) is 54.3 Å². The molecule has 0 spiro atoms. The highest BCUT2D eigenvalue weighted by Crippen LogP contribution is 2.45. The second-order valence-electron chi connectivity index (χ2n) is 13.1. The number of anilines is 4. The number of ether oxygens (including phenoxy) is 1. The van der Waals surface area contributed by atoms with Gasteiger partial charge in [-0.1, -0.05) is 55.1 Å². The normalized spacial score (nSPS) is 19.1. The van der Waals surface area contributed by atoms with Crippen molar-refractivity contribution in [2.75, 3.05) is 55.9 Å². The molecule has 1 amide bonds. The Bertz CT molecular complexity index is 1970. The van der Waals surface area contributed by atoms with E-state index in [1.54, 1.807) is 7.11 Å². The molecule has 47 heavy (non-hydrogen) atoms. The summed E-state index contributed by atoms with van der Waals surface area (Å²) >= 11 is 0. The number of likely N-dealkylation sites (tertiary alicyclic amines) is 1. The highest BCUT2D eigenvalue weighted by molar-refractivity contribution is 6.02. The Morgan fingerprint density at radius 2 is 1.70 bits per heavy atom. The highest BCUT2D eigenvalue weighted by Gasteiger charge is 2.39. The number of hydrogen-bond donors (Lipinski definition) is 2. The maximum Gasteiger partial charge on any atom is 0.247 e. The molecular formula is C38H39N7O2. The first-order valence-corrected chi connectivity index (χ1v) is 16.4. The van der Waals surface area contributed by atoms with Gasteiger partial charge in [-0.15, -0.1) is 0 Å². The van der Waals surface area contributed by atoms with Crippen molar-refractivity contribution in [3.63, 3.8) is 0 Å². The fraction of sp³-hybridized carbons (Fsp3) is 0.289. The number of carbonyl (C=O) groups is 1. The Hall–Kier alpha value is -5.15. The topological polar surface area (TPSA) is 87.5 Å². The van der Waals surface area contributed by atoms with E-state index in [1.807, 2.05) is 36.5 Å². The molecule has 5 aromatic rings. The zero-order chi connectivity index (χ0) is 32.1. The summed E-state index contributed by atoms with van der Waals surface area (Å²) in [5.74, 6) is 2.03. The second kappa shape index (κ2) is 11.9. The van der Waals surface area contributed by atoms with E-state index < -0.39 is 0 Å². The summed E-state index contributed by atoms with van der Waals surface area (Å²) in [6.45, 7) is 7.72. The van der Waals surface area contributed by atoms with Crippen molar-refractivity contribution < 1.29 is 9.53 Å². The number of hydrogen-bond acceptors (Lipinski definition) is 7. The van der Waals surface area contributed by atoms with E-state index in [2.05, 4.69) is 81.2 Å². The number of aromatic nitrogens is 3. The molecule has 9 heteroatoms. The van der Waals surface area contributed by atoms with Crippen molar-refractivity contribution in [1.82, 2.24) is 19.4 Å². The van der Waals surface area contributed by atoms with Crippen molar-refractivity contribution in [1.29, 1.82) is 0 Å². The fourth-order valence-electron chi connectivity index (χ4n) is 7.45. The Morgan fingerprint density at radius 3 is 2.43 bits per heavy atom. The predicted molar refractivity (Wildman–Crippen MR) is 188 cm³/mol. The Kier molecular flexibility index (Phi) is 7.41. The van der Waals surface area contributed by atoms with Gasteiger partial charge in [0.25, 0.3) is 0 Å². The number of amides is 1. The number of carbonyl (C=O) groups excluding carboxylic acids is 1. The molecule has 2 unspecified atom stereocenters. The molecule has 2 N–H and O–H groups in total. The average Bonchev–Trinajstić information content (AvgIpc) is 3.62. The monoisotopic (exact) mass is 625 g/mol. The molecule has 3 fully saturated rings. The predicted octanol–water partition coefficient (Wildman–Crippen LogP) is 6.97. The molecule has 8 rings (SSSR count). The Labute approximate surface area is 274 Å². The fourth-order valence-corrected chi connectivity index (χ4v) is 7.45. The van der Waals surface area contributed by atoms with E-state index in [9.17, 15) is 4.79 Å². The number of nitrogens with zero attached hydrogens (tertiary/aromatic N) is 5. The first-order valence-electron chi connectivity index (χ1n) is 16.4. The van der Waals surface area contributed by atoms with Gasteiger partial charge in [0.1, 0.15) is 5.75 Å². The Morgan fingerprint density at radius 1 is 0.957 bits per heavy atom. The lowest BCUT2D eigenvalue weighted by atomic mass is 10.0. The summed E-state index contributed by atoms with van der Waals surface area (Å²) < 4.78 is 8.33. The van der Waals surface area contributed by atoms with E-state index >= 15 is 0 Å². The van der Waals surface area contributed by atoms with Crippen LogP contribution in [0.4, 0.5) is 23.0 Å². The number of methoxy groups -OCH3 is 1. The average molecular weight is 626 g/mol. The van der Waals surface area contributed by atoms with E-state index in [1.165, 1.54) is 29.8 Å². The first-order chi connectivity index (χ1) is 23.0. The molecule has 1 aliphatic carbocycles. The van der Waals surface area contributed by atoms with Gasteiger partial charge >= 0.3 is 0 Å². The molecule has 2 atom stereocenters. The zero-order valence-corrected chi connectivity index (χ0v) is 26.8. The van der Waals surface area contributed by atoms with Crippen LogP contribution in [-0.2, 0) is 4.79 Å². The smallest absolute Gasteiger partial charge is 0.247 e. The molecule has 2 aromatic heterocycles. The third-order valence-electron chi connectivity index (χ3n) is 9.83. The van der Waals surface area contributed by atoms with Gasteiger partial charge in [0.05, 0.1) is 29.9 Å². The van der Waals surface area contributed by atoms with Crippen LogP contribution in [0, 0.1) is 11.8 Å². The van der Waals surface area contributed by atoms with Crippen LogP contribution in [0.2, 0.25) is 0 Å². The molecule has 2 aliphatic heterocycles. The second-order valence-corrected chi connectivity index (χ2v) is 13.1. The highest BCUT2D eigenvalue weighted by atomic mass is 16.5. The number of nitrogens with one attached hydrogen (secondary N) is 2. The first kappa shape index (κ1) is 29.3. The van der Waals surface area contributed by atoms with Gasteiger partial charge in [-0.3, -0.25) is 4.79 Å². The molecule has 9 nitrogen and oxygen atoms in total. The Balaban J connectivity index is 1.21. The van der Waals surface area contributed by atoms with Gasteiger partial charge in [0.15, 0.2) is 0 Å². The van der Waals surface area contributed by atoms with Crippen LogP contribution in [-0.4, -0.2) is 65.7 Å². The summed E-state index contributed by atoms with van der Waals surface area (Å²) in [7, 11) is 3.85. The van der Waals surface area contributed by atoms with Crippen LogP contribution in [0.1, 0.15) is 18.9 Å². The lowest BCUT2D eigenvalue weighted by molar-refractivity contribution is -0.111. The number of fused-ring (bicyclic) bond motifs is 2. The minimum atomic E-state index is -0.265. The molecule has 3 aliphatic rings. The maximum absolute atomic E-state index is 12.6. The molecule has 4 heterocycles. The van der Waals surface area contributed by atoms with Gasteiger partial charge in [-0.25, -0.2) is 9.97 Å². The minimum absolute atomic E-state index is 0.265. The SMILES string of the molecule is C=CC(=O)Nc1cc(Nc2ncc(-c3ccccc3)c(-c3cn(C4CC4)c4ccccc34)n2)c(OC)cc1N1CC2CN(C)CC2C1. The van der Waals surface area contributed by atoms with Gasteiger partial charge in [-0.2, -0.15) is 0 Å². The quantitative estimate of drug-likeness (QED) is 0.171. The zero-order valence-electron chi connectivity index (χ0n) is 26.8. The molecule has 2 saturated heterocycles. The van der Waals surface area contributed by atoms with Gasteiger partial charge in [0, 0.05) is 72.7 Å². The van der Waals surface area contributed by atoms with Crippen molar-refractivity contribution in [3.05, 3.63) is 91.8 Å². The van der Waals surface area contributed by atoms with Crippen LogP contribution in [0.5, 0.6) is 5.75 Å². The summed E-state index contributed by atoms with van der Waals surface area (Å²) in [6, 6.07) is 23.3. The van der Waals surface area contributed by atoms with Crippen LogP contribution in [0.25, 0.3) is 33.3 Å². The summed E-state index contributed by atoms with van der Waals surface area (Å²) in [5.41, 5.74) is 7.45.